The average Bonchev–Trinajstić information content (AvgIpc) is 3.20. The number of methoxy groups -OCH3 is 1. The topological polar surface area (TPSA) is 76.8 Å². The van der Waals surface area contributed by atoms with Gasteiger partial charge in [-0.1, -0.05) is 64.8 Å². The first-order valence-electron chi connectivity index (χ1n) is 22.0. The second-order valence-corrected chi connectivity index (χ2v) is 15.5. The molecule has 0 aliphatic heterocycles. The fourth-order valence-corrected chi connectivity index (χ4v) is 7.28. The summed E-state index contributed by atoms with van der Waals surface area (Å²) in [6.45, 7) is 32.4. The Labute approximate surface area is 345 Å². The van der Waals surface area contributed by atoms with Gasteiger partial charge in [-0.25, -0.2) is 0 Å². The molecule has 9 heteroatoms. The van der Waals surface area contributed by atoms with Crippen LogP contribution in [-0.2, 0) is 12.8 Å². The summed E-state index contributed by atoms with van der Waals surface area (Å²) in [5, 5.41) is 0.943. The van der Waals surface area contributed by atoms with Gasteiger partial charge in [0, 0.05) is 23.3 Å². The van der Waals surface area contributed by atoms with Crippen molar-refractivity contribution in [2.45, 2.75) is 121 Å². The van der Waals surface area contributed by atoms with Crippen LogP contribution in [0.25, 0.3) is 21.9 Å². The molecule has 0 bridgehead atoms. The molecule has 0 aliphatic carbocycles. The van der Waals surface area contributed by atoms with Crippen LogP contribution in [-0.4, -0.2) is 101 Å². The minimum Gasteiger partial charge on any atom is -0.493 e. The van der Waals surface area contributed by atoms with Crippen molar-refractivity contribution in [3.05, 3.63) is 56.8 Å². The quantitative estimate of drug-likeness (QED) is 0.0388. The van der Waals surface area contributed by atoms with E-state index in [4.69, 9.17) is 23.4 Å². The van der Waals surface area contributed by atoms with Gasteiger partial charge < -0.3 is 38.1 Å². The number of hydrogen-bond acceptors (Lipinski definition) is 9. The smallest absolute Gasteiger partial charge is 0.204 e. The van der Waals surface area contributed by atoms with E-state index >= 15 is 4.79 Å². The molecule has 0 saturated heterocycles. The summed E-state index contributed by atoms with van der Waals surface area (Å²) in [6.07, 6.45) is 11.2. The number of allylic oxidation sites excluding steroid dienone is 4. The molecular formula is C48H77N3O6. The molecule has 320 valence electrons. The van der Waals surface area contributed by atoms with Crippen LogP contribution in [0.2, 0.25) is 0 Å². The van der Waals surface area contributed by atoms with E-state index < -0.39 is 0 Å². The van der Waals surface area contributed by atoms with Gasteiger partial charge in [-0.2, -0.15) is 0 Å². The average molecular weight is 792 g/mol. The molecule has 1 heterocycles. The summed E-state index contributed by atoms with van der Waals surface area (Å²) in [5.41, 5.74) is 4.76. The van der Waals surface area contributed by atoms with Crippen molar-refractivity contribution in [3.8, 4) is 23.0 Å². The highest BCUT2D eigenvalue weighted by atomic mass is 16.5. The predicted octanol–water partition coefficient (Wildman–Crippen LogP) is 10.5. The number of benzene rings is 2. The lowest BCUT2D eigenvalue weighted by Gasteiger charge is -2.21. The third-order valence-electron chi connectivity index (χ3n) is 11.0. The number of hydrogen-bond donors (Lipinski definition) is 0. The van der Waals surface area contributed by atoms with Crippen molar-refractivity contribution in [1.29, 1.82) is 0 Å². The van der Waals surface area contributed by atoms with Gasteiger partial charge in [0.2, 0.25) is 5.43 Å². The van der Waals surface area contributed by atoms with Crippen molar-refractivity contribution >= 4 is 21.9 Å². The molecule has 57 heavy (non-hydrogen) atoms. The van der Waals surface area contributed by atoms with Crippen LogP contribution < -0.4 is 24.4 Å². The highest BCUT2D eigenvalue weighted by Gasteiger charge is 2.25. The first-order valence-corrected chi connectivity index (χ1v) is 22.0. The maximum absolute atomic E-state index is 15.1. The molecule has 3 aromatic rings. The Bertz CT molecular complexity index is 1760. The Morgan fingerprint density at radius 2 is 0.982 bits per heavy atom. The van der Waals surface area contributed by atoms with Crippen LogP contribution in [0.4, 0.5) is 0 Å². The van der Waals surface area contributed by atoms with E-state index in [1.807, 2.05) is 12.1 Å². The molecule has 0 aliphatic rings. The van der Waals surface area contributed by atoms with Crippen LogP contribution in [0, 0.1) is 0 Å². The zero-order valence-corrected chi connectivity index (χ0v) is 37.7. The van der Waals surface area contributed by atoms with Crippen LogP contribution >= 0.6 is 0 Å². The molecule has 9 nitrogen and oxygen atoms in total. The number of fused-ring (bicyclic) bond motifs is 2. The molecule has 0 radical (unpaired) electrons. The van der Waals surface area contributed by atoms with Crippen molar-refractivity contribution in [2.24, 2.45) is 0 Å². The predicted molar refractivity (Wildman–Crippen MR) is 240 cm³/mol. The van der Waals surface area contributed by atoms with Crippen molar-refractivity contribution < 1.29 is 23.4 Å². The van der Waals surface area contributed by atoms with Gasteiger partial charge in [-0.3, -0.25) is 4.79 Å². The molecular weight excluding hydrogens is 715 g/mol. The Morgan fingerprint density at radius 1 is 0.561 bits per heavy atom. The SMILES string of the molecule is CCN(CC)CCCCOc1cc2oc3cc(OCCCCN(CC)CC)c(OC)c(CC=C(C)C)c3c(=O)c2c(OCCCCN(CC)CC)c1CC=C(C)C. The van der Waals surface area contributed by atoms with E-state index in [0.29, 0.717) is 77.6 Å². The fraction of sp³-hybridized carbons (Fsp3) is 0.646. The van der Waals surface area contributed by atoms with Crippen molar-refractivity contribution in [2.75, 3.05) is 85.8 Å². The van der Waals surface area contributed by atoms with Crippen LogP contribution in [0.15, 0.2) is 44.6 Å². The summed E-state index contributed by atoms with van der Waals surface area (Å²) in [6, 6.07) is 3.75. The lowest BCUT2D eigenvalue weighted by molar-refractivity contribution is 0.258. The minimum absolute atomic E-state index is 0.130. The van der Waals surface area contributed by atoms with E-state index in [2.05, 4.69) is 96.1 Å². The summed E-state index contributed by atoms with van der Waals surface area (Å²) in [5.74, 6) is 2.42. The lowest BCUT2D eigenvalue weighted by atomic mass is 9.98. The molecule has 0 saturated carbocycles. The third-order valence-corrected chi connectivity index (χ3v) is 11.0. The normalized spacial score (nSPS) is 11.6. The van der Waals surface area contributed by atoms with Gasteiger partial charge in [0.25, 0.3) is 0 Å². The van der Waals surface area contributed by atoms with Crippen molar-refractivity contribution in [3.63, 3.8) is 0 Å². The maximum atomic E-state index is 15.1. The number of ether oxygens (including phenoxy) is 4. The van der Waals surface area contributed by atoms with Crippen LogP contribution in [0.1, 0.15) is 119 Å². The lowest BCUT2D eigenvalue weighted by Crippen LogP contribution is -2.24. The van der Waals surface area contributed by atoms with Crippen molar-refractivity contribution in [1.82, 2.24) is 14.7 Å². The Kier molecular flexibility index (Phi) is 21.6. The first kappa shape index (κ1) is 47.8. The Morgan fingerprint density at radius 3 is 1.44 bits per heavy atom. The second-order valence-electron chi connectivity index (χ2n) is 15.5. The standard InChI is InChI=1S/C48H77N3O6/c1-12-49(13-2)28-18-21-31-54-40-34-42-45(48(38(40)26-24-36(7)8)56-33-23-20-30-51(16-5)17-6)46(52)44-39(27-25-37(9)10)47(53-11)43(35-41(44)57-42)55-32-22-19-29-50(14-3)15-4/h24-25,34-35H,12-23,26-33H2,1-11H3. The van der Waals surface area contributed by atoms with E-state index in [0.717, 1.165) is 114 Å². The molecule has 0 N–H and O–H groups in total. The zero-order valence-electron chi connectivity index (χ0n) is 37.7. The zero-order chi connectivity index (χ0) is 41.7. The summed E-state index contributed by atoms with van der Waals surface area (Å²) in [7, 11) is 1.65. The molecule has 0 atom stereocenters. The monoisotopic (exact) mass is 792 g/mol. The van der Waals surface area contributed by atoms with Gasteiger partial charge >= 0.3 is 0 Å². The van der Waals surface area contributed by atoms with Gasteiger partial charge in [-0.15, -0.1) is 0 Å². The van der Waals surface area contributed by atoms with Gasteiger partial charge in [0.1, 0.15) is 28.1 Å². The third kappa shape index (κ3) is 14.4. The maximum Gasteiger partial charge on any atom is 0.204 e. The molecule has 3 rings (SSSR count). The second kappa shape index (κ2) is 25.8. The summed E-state index contributed by atoms with van der Waals surface area (Å²) < 4.78 is 32.7. The molecule has 2 aromatic carbocycles. The van der Waals surface area contributed by atoms with E-state index in [-0.39, 0.29) is 5.43 Å². The van der Waals surface area contributed by atoms with Crippen LogP contribution in [0.5, 0.6) is 23.0 Å². The minimum atomic E-state index is -0.130. The van der Waals surface area contributed by atoms with E-state index in [9.17, 15) is 0 Å². The molecule has 0 fully saturated rings. The van der Waals surface area contributed by atoms with Gasteiger partial charge in [0.15, 0.2) is 11.5 Å². The highest BCUT2D eigenvalue weighted by molar-refractivity contribution is 5.98. The summed E-state index contributed by atoms with van der Waals surface area (Å²) >= 11 is 0. The van der Waals surface area contributed by atoms with Crippen LogP contribution in [0.3, 0.4) is 0 Å². The number of rotatable bonds is 29. The molecule has 1 aromatic heterocycles. The number of nitrogens with zero attached hydrogens (tertiary/aromatic N) is 3. The Balaban J connectivity index is 2.22. The van der Waals surface area contributed by atoms with Gasteiger partial charge in [-0.05, 0) is 138 Å². The number of unbranched alkanes of at least 4 members (excludes halogenated alkanes) is 3. The molecule has 0 spiro atoms. The first-order chi connectivity index (χ1) is 27.6. The molecule has 0 unspecified atom stereocenters. The fourth-order valence-electron chi connectivity index (χ4n) is 7.28. The largest absolute Gasteiger partial charge is 0.493 e. The van der Waals surface area contributed by atoms with E-state index in [1.165, 1.54) is 5.57 Å². The Hall–Kier alpha value is -3.53. The molecule has 0 amide bonds. The van der Waals surface area contributed by atoms with Gasteiger partial charge in [0.05, 0.1) is 32.3 Å². The van der Waals surface area contributed by atoms with E-state index in [1.54, 1.807) is 7.11 Å². The summed E-state index contributed by atoms with van der Waals surface area (Å²) in [4.78, 5) is 22.4. The highest BCUT2D eigenvalue weighted by Crippen LogP contribution is 2.42.